The van der Waals surface area contributed by atoms with Gasteiger partial charge in [0.1, 0.15) is 5.82 Å². The van der Waals surface area contributed by atoms with Crippen molar-refractivity contribution < 1.29 is 4.39 Å². The molecule has 0 N–H and O–H groups in total. The molecule has 3 nitrogen and oxygen atoms in total. The summed E-state index contributed by atoms with van der Waals surface area (Å²) in [6, 6.07) is 24.2. The van der Waals surface area contributed by atoms with Crippen LogP contribution in [0.2, 0.25) is 0 Å². The van der Waals surface area contributed by atoms with Crippen molar-refractivity contribution in [3.63, 3.8) is 0 Å². The molecule has 4 aromatic rings. The van der Waals surface area contributed by atoms with Crippen LogP contribution in [0.15, 0.2) is 79.0 Å². The SMILES string of the molecule is Fc1ccc2c(c1)cc(-c1ccccn1)n2C1CCN(Cc2ccccc2)CC1. The zero-order valence-corrected chi connectivity index (χ0v) is 16.3. The molecule has 1 aliphatic rings. The van der Waals surface area contributed by atoms with Gasteiger partial charge in [-0.3, -0.25) is 9.88 Å². The van der Waals surface area contributed by atoms with Gasteiger partial charge in [-0.15, -0.1) is 0 Å². The first-order valence-corrected chi connectivity index (χ1v) is 10.3. The van der Waals surface area contributed by atoms with Crippen LogP contribution in [-0.4, -0.2) is 27.5 Å². The Morgan fingerprint density at radius 2 is 1.69 bits per heavy atom. The summed E-state index contributed by atoms with van der Waals surface area (Å²) < 4.78 is 16.2. The molecule has 5 rings (SSSR count). The molecular weight excluding hydrogens is 361 g/mol. The predicted molar refractivity (Wildman–Crippen MR) is 115 cm³/mol. The van der Waals surface area contributed by atoms with Crippen LogP contribution < -0.4 is 0 Å². The lowest BCUT2D eigenvalue weighted by atomic mass is 10.0. The number of likely N-dealkylation sites (tertiary alicyclic amines) is 1. The fourth-order valence-electron chi connectivity index (χ4n) is 4.49. The Balaban J connectivity index is 1.44. The number of hydrogen-bond donors (Lipinski definition) is 0. The maximum absolute atomic E-state index is 13.8. The lowest BCUT2D eigenvalue weighted by molar-refractivity contribution is 0.182. The number of rotatable bonds is 4. The minimum atomic E-state index is -0.195. The van der Waals surface area contributed by atoms with E-state index in [1.165, 1.54) is 5.56 Å². The van der Waals surface area contributed by atoms with E-state index in [-0.39, 0.29) is 5.82 Å². The van der Waals surface area contributed by atoms with E-state index in [0.29, 0.717) is 6.04 Å². The van der Waals surface area contributed by atoms with Crippen LogP contribution in [0.4, 0.5) is 4.39 Å². The van der Waals surface area contributed by atoms with Crippen LogP contribution in [0.5, 0.6) is 0 Å². The summed E-state index contributed by atoms with van der Waals surface area (Å²) in [6.07, 6.45) is 3.97. The third-order valence-corrected chi connectivity index (χ3v) is 5.90. The van der Waals surface area contributed by atoms with E-state index in [2.05, 4.69) is 50.8 Å². The van der Waals surface area contributed by atoms with Gasteiger partial charge in [0.15, 0.2) is 0 Å². The minimum Gasteiger partial charge on any atom is -0.336 e. The maximum Gasteiger partial charge on any atom is 0.123 e. The van der Waals surface area contributed by atoms with Crippen molar-refractivity contribution in [2.24, 2.45) is 0 Å². The van der Waals surface area contributed by atoms with Crippen LogP contribution >= 0.6 is 0 Å². The highest BCUT2D eigenvalue weighted by atomic mass is 19.1. The smallest absolute Gasteiger partial charge is 0.123 e. The number of piperidine rings is 1. The Bertz CT molecular complexity index is 1100. The summed E-state index contributed by atoms with van der Waals surface area (Å²) >= 11 is 0. The molecular formula is C25H24FN3. The molecule has 146 valence electrons. The second-order valence-electron chi connectivity index (χ2n) is 7.81. The van der Waals surface area contributed by atoms with Gasteiger partial charge in [0.2, 0.25) is 0 Å². The second kappa shape index (κ2) is 7.80. The molecule has 0 bridgehead atoms. The molecule has 0 unspecified atom stereocenters. The normalized spacial score (nSPS) is 15.8. The molecule has 0 spiro atoms. The van der Waals surface area contributed by atoms with Crippen molar-refractivity contribution in [3.05, 3.63) is 90.4 Å². The summed E-state index contributed by atoms with van der Waals surface area (Å²) in [5, 5.41) is 0.942. The van der Waals surface area contributed by atoms with Crippen molar-refractivity contribution in [2.75, 3.05) is 13.1 Å². The summed E-state index contributed by atoms with van der Waals surface area (Å²) in [7, 11) is 0. The quantitative estimate of drug-likeness (QED) is 0.451. The molecule has 1 fully saturated rings. The van der Waals surface area contributed by atoms with Crippen LogP contribution in [0.25, 0.3) is 22.3 Å². The van der Waals surface area contributed by atoms with Crippen molar-refractivity contribution in [2.45, 2.75) is 25.4 Å². The van der Waals surface area contributed by atoms with Crippen LogP contribution in [0.1, 0.15) is 24.4 Å². The Kier molecular flexibility index (Phi) is 4.86. The number of fused-ring (bicyclic) bond motifs is 1. The molecule has 2 aromatic carbocycles. The van der Waals surface area contributed by atoms with Gasteiger partial charge in [0.25, 0.3) is 0 Å². The first-order chi connectivity index (χ1) is 14.3. The number of aromatic nitrogens is 2. The Labute approximate surface area is 170 Å². The minimum absolute atomic E-state index is 0.195. The summed E-state index contributed by atoms with van der Waals surface area (Å²) in [4.78, 5) is 7.09. The second-order valence-corrected chi connectivity index (χ2v) is 7.81. The fraction of sp³-hybridized carbons (Fsp3) is 0.240. The van der Waals surface area contributed by atoms with Gasteiger partial charge in [-0.2, -0.15) is 0 Å². The number of hydrogen-bond acceptors (Lipinski definition) is 2. The number of halogens is 1. The zero-order valence-electron chi connectivity index (χ0n) is 16.3. The van der Waals surface area contributed by atoms with E-state index in [1.54, 1.807) is 12.1 Å². The van der Waals surface area contributed by atoms with Crippen molar-refractivity contribution in [1.82, 2.24) is 14.5 Å². The van der Waals surface area contributed by atoms with Gasteiger partial charge in [-0.05, 0) is 54.8 Å². The summed E-state index contributed by atoms with van der Waals surface area (Å²) in [5.74, 6) is -0.195. The topological polar surface area (TPSA) is 21.1 Å². The molecule has 4 heteroatoms. The predicted octanol–water partition coefficient (Wildman–Crippen LogP) is 5.68. The summed E-state index contributed by atoms with van der Waals surface area (Å²) in [5.41, 5.74) is 4.47. The van der Waals surface area contributed by atoms with Crippen molar-refractivity contribution in [1.29, 1.82) is 0 Å². The Morgan fingerprint density at radius 3 is 2.45 bits per heavy atom. The molecule has 0 radical (unpaired) electrons. The van der Waals surface area contributed by atoms with Crippen LogP contribution in [0, 0.1) is 5.82 Å². The highest BCUT2D eigenvalue weighted by Gasteiger charge is 2.24. The molecule has 0 saturated carbocycles. The lowest BCUT2D eigenvalue weighted by Gasteiger charge is -2.34. The average Bonchev–Trinajstić information content (AvgIpc) is 3.14. The number of pyridine rings is 1. The van der Waals surface area contributed by atoms with Crippen LogP contribution in [-0.2, 0) is 6.54 Å². The van der Waals surface area contributed by atoms with E-state index in [1.807, 2.05) is 30.5 Å². The molecule has 3 heterocycles. The molecule has 0 aliphatic carbocycles. The molecule has 29 heavy (non-hydrogen) atoms. The van der Waals surface area contributed by atoms with Gasteiger partial charge in [-0.25, -0.2) is 4.39 Å². The highest BCUT2D eigenvalue weighted by Crippen LogP contribution is 2.35. The molecule has 0 amide bonds. The molecule has 1 saturated heterocycles. The standard InChI is InChI=1S/C25H24FN3/c26-21-9-10-24-20(16-21)17-25(23-8-4-5-13-27-23)29(24)22-11-14-28(15-12-22)18-19-6-2-1-3-7-19/h1-10,13,16-17,22H,11-12,14-15,18H2. The molecule has 0 atom stereocenters. The van der Waals surface area contributed by atoms with E-state index >= 15 is 0 Å². The Morgan fingerprint density at radius 1 is 0.897 bits per heavy atom. The number of benzene rings is 2. The monoisotopic (exact) mass is 385 g/mol. The van der Waals surface area contributed by atoms with Crippen LogP contribution in [0.3, 0.4) is 0 Å². The van der Waals surface area contributed by atoms with Crippen molar-refractivity contribution >= 4 is 10.9 Å². The maximum atomic E-state index is 13.8. The summed E-state index contributed by atoms with van der Waals surface area (Å²) in [6.45, 7) is 3.11. The van der Waals surface area contributed by atoms with Gasteiger partial charge in [0, 0.05) is 42.8 Å². The largest absolute Gasteiger partial charge is 0.336 e. The van der Waals surface area contributed by atoms with E-state index in [4.69, 9.17) is 0 Å². The number of nitrogens with zero attached hydrogens (tertiary/aromatic N) is 3. The zero-order chi connectivity index (χ0) is 19.6. The van der Waals surface area contributed by atoms with Gasteiger partial charge in [0.05, 0.1) is 11.4 Å². The highest BCUT2D eigenvalue weighted by molar-refractivity contribution is 5.86. The van der Waals surface area contributed by atoms with E-state index in [0.717, 1.165) is 54.8 Å². The molecule has 2 aromatic heterocycles. The van der Waals surface area contributed by atoms with Crippen molar-refractivity contribution in [3.8, 4) is 11.4 Å². The lowest BCUT2D eigenvalue weighted by Crippen LogP contribution is -2.34. The Hall–Kier alpha value is -2.98. The molecule has 1 aliphatic heterocycles. The third-order valence-electron chi connectivity index (χ3n) is 5.90. The van der Waals surface area contributed by atoms with Gasteiger partial charge < -0.3 is 4.57 Å². The fourth-order valence-corrected chi connectivity index (χ4v) is 4.49. The first-order valence-electron chi connectivity index (χ1n) is 10.3. The van der Waals surface area contributed by atoms with E-state index < -0.39 is 0 Å². The first kappa shape index (κ1) is 18.1. The van der Waals surface area contributed by atoms with Gasteiger partial charge in [-0.1, -0.05) is 36.4 Å². The van der Waals surface area contributed by atoms with E-state index in [9.17, 15) is 4.39 Å². The third kappa shape index (κ3) is 3.68. The average molecular weight is 385 g/mol. The van der Waals surface area contributed by atoms with Gasteiger partial charge >= 0.3 is 0 Å².